The summed E-state index contributed by atoms with van der Waals surface area (Å²) in [7, 11) is 0. The molecule has 8 heteroatoms. The molecule has 1 fully saturated rings. The fraction of sp³-hybridized carbons (Fsp3) is 0.167. The van der Waals surface area contributed by atoms with Crippen LogP contribution in [0.4, 0.5) is 0 Å². The number of oxazole rings is 1. The summed E-state index contributed by atoms with van der Waals surface area (Å²) in [5, 5.41) is 13.3. The molecule has 0 aliphatic carbocycles. The minimum absolute atomic E-state index is 0.00637. The summed E-state index contributed by atoms with van der Waals surface area (Å²) in [6, 6.07) is 53.7. The molecule has 1 aliphatic heterocycles. The van der Waals surface area contributed by atoms with E-state index >= 15 is 0 Å². The first-order chi connectivity index (χ1) is 27.5. The predicted molar refractivity (Wildman–Crippen MR) is 221 cm³/mol. The number of nitrogens with zero attached hydrogens (tertiary/aromatic N) is 1. The third-order valence-corrected chi connectivity index (χ3v) is 11.1. The van der Waals surface area contributed by atoms with Crippen LogP contribution >= 0.6 is 11.8 Å². The zero-order valence-electron chi connectivity index (χ0n) is 31.0. The molecule has 7 aromatic rings. The van der Waals surface area contributed by atoms with Crippen molar-refractivity contribution in [3.63, 3.8) is 0 Å². The van der Waals surface area contributed by atoms with Gasteiger partial charge in [0.15, 0.2) is 12.1 Å². The largest absolute Gasteiger partial charge is 0.431 e. The van der Waals surface area contributed by atoms with Crippen LogP contribution in [0.3, 0.4) is 0 Å². The van der Waals surface area contributed by atoms with E-state index in [1.807, 2.05) is 133 Å². The Morgan fingerprint density at radius 2 is 1.32 bits per heavy atom. The number of thioether (sulfide) groups is 1. The fourth-order valence-electron chi connectivity index (χ4n) is 7.05. The summed E-state index contributed by atoms with van der Waals surface area (Å²) in [5.41, 5.74) is 9.25. The first kappa shape index (κ1) is 37.2. The second-order valence-electron chi connectivity index (χ2n) is 13.9. The van der Waals surface area contributed by atoms with E-state index in [2.05, 4.69) is 42.6 Å². The Morgan fingerprint density at radius 1 is 0.696 bits per heavy atom. The van der Waals surface area contributed by atoms with E-state index in [-0.39, 0.29) is 30.6 Å². The van der Waals surface area contributed by atoms with E-state index in [4.69, 9.17) is 18.9 Å². The highest BCUT2D eigenvalue weighted by molar-refractivity contribution is 7.99. The highest BCUT2D eigenvalue weighted by atomic mass is 32.2. The van der Waals surface area contributed by atoms with Gasteiger partial charge in [-0.1, -0.05) is 170 Å². The molecule has 6 aromatic carbocycles. The number of rotatable bonds is 12. The molecule has 7 nitrogen and oxygen atoms in total. The number of aliphatic hydroxyl groups excluding tert-OH is 1. The number of carbonyl (C=O) groups is 1. The molecule has 1 aromatic heterocycles. The lowest BCUT2D eigenvalue weighted by Gasteiger charge is -2.41. The third kappa shape index (κ3) is 8.39. The van der Waals surface area contributed by atoms with Crippen LogP contribution < -0.4 is 5.32 Å². The SMILES string of the molecule is C[C@@H]1[C@H](CSc2nc(-c3ccccc3)c(-c3ccccc3)o2)O[C@H](c2ccc(-c3ccccc3CNC(=O)c3ccccc3)cc2)O[C@@H]1c1ccc(CO)cc1. The molecule has 1 aliphatic rings. The van der Waals surface area contributed by atoms with Gasteiger partial charge in [0.2, 0.25) is 0 Å². The van der Waals surface area contributed by atoms with Crippen LogP contribution in [-0.2, 0) is 22.6 Å². The molecule has 8 rings (SSSR count). The van der Waals surface area contributed by atoms with Gasteiger partial charge in [-0.05, 0) is 39.9 Å². The molecular weight excluding hydrogens is 717 g/mol. The number of aliphatic hydroxyl groups is 1. The van der Waals surface area contributed by atoms with Crippen molar-refractivity contribution in [2.75, 3.05) is 5.75 Å². The summed E-state index contributed by atoms with van der Waals surface area (Å²) in [5.74, 6) is 1.21. The Hall–Kier alpha value is -5.77. The molecule has 2 heterocycles. The van der Waals surface area contributed by atoms with Crippen molar-refractivity contribution in [3.05, 3.63) is 192 Å². The molecule has 1 amide bonds. The molecular formula is C48H42N2O5S. The van der Waals surface area contributed by atoms with Crippen LogP contribution in [-0.4, -0.2) is 27.9 Å². The van der Waals surface area contributed by atoms with Crippen LogP contribution in [0.5, 0.6) is 0 Å². The molecule has 4 atom stereocenters. The standard InChI is InChI=1S/C48H42N2O5S/c1-32-42(31-56-48-50-43(35-13-5-2-6-14-35)45(55-48)36-15-7-3-8-16-36)53-47(54-44(32)37-23-21-33(30-51)22-24-37)39-27-25-34(26-28-39)41-20-12-11-19-40(41)29-49-46(52)38-17-9-4-10-18-38/h2-28,32,42,44,47,51H,29-31H2,1H3,(H,49,52)/t32-,42+,44+,47+/m1/s1. The minimum atomic E-state index is -0.627. The van der Waals surface area contributed by atoms with Gasteiger partial charge in [0.05, 0.1) is 18.8 Å². The summed E-state index contributed by atoms with van der Waals surface area (Å²) in [6.07, 6.45) is -1.09. The predicted octanol–water partition coefficient (Wildman–Crippen LogP) is 10.7. The van der Waals surface area contributed by atoms with Crippen LogP contribution in [0.25, 0.3) is 33.7 Å². The van der Waals surface area contributed by atoms with Crippen molar-refractivity contribution in [2.24, 2.45) is 5.92 Å². The number of ether oxygens (including phenoxy) is 2. The van der Waals surface area contributed by atoms with E-state index < -0.39 is 6.29 Å². The fourth-order valence-corrected chi connectivity index (χ4v) is 8.03. The molecule has 56 heavy (non-hydrogen) atoms. The smallest absolute Gasteiger partial charge is 0.256 e. The quantitative estimate of drug-likeness (QED) is 0.120. The van der Waals surface area contributed by atoms with Crippen molar-refractivity contribution in [3.8, 4) is 33.7 Å². The minimum Gasteiger partial charge on any atom is -0.431 e. The average molecular weight is 759 g/mol. The van der Waals surface area contributed by atoms with Gasteiger partial charge >= 0.3 is 0 Å². The average Bonchev–Trinajstić information content (AvgIpc) is 3.71. The van der Waals surface area contributed by atoms with Gasteiger partial charge in [-0.2, -0.15) is 0 Å². The summed E-state index contributed by atoms with van der Waals surface area (Å²) in [6.45, 7) is 2.54. The lowest BCUT2D eigenvalue weighted by Crippen LogP contribution is -2.38. The van der Waals surface area contributed by atoms with Gasteiger partial charge in [0.25, 0.3) is 11.1 Å². The number of aromatic nitrogens is 1. The monoisotopic (exact) mass is 758 g/mol. The number of benzene rings is 6. The first-order valence-electron chi connectivity index (χ1n) is 18.8. The van der Waals surface area contributed by atoms with Crippen molar-refractivity contribution in [1.82, 2.24) is 10.3 Å². The normalized spacial score (nSPS) is 18.0. The van der Waals surface area contributed by atoms with Crippen molar-refractivity contribution in [1.29, 1.82) is 0 Å². The molecule has 1 saturated heterocycles. The zero-order chi connectivity index (χ0) is 38.3. The summed E-state index contributed by atoms with van der Waals surface area (Å²) in [4.78, 5) is 17.8. The van der Waals surface area contributed by atoms with Crippen LogP contribution in [0.2, 0.25) is 0 Å². The number of amides is 1. The molecule has 0 saturated carbocycles. The molecule has 280 valence electrons. The molecule has 0 bridgehead atoms. The van der Waals surface area contributed by atoms with Crippen molar-refractivity contribution >= 4 is 17.7 Å². The second-order valence-corrected chi connectivity index (χ2v) is 14.8. The van der Waals surface area contributed by atoms with Gasteiger partial charge in [0, 0.05) is 40.5 Å². The maximum Gasteiger partial charge on any atom is 0.256 e. The number of nitrogens with one attached hydrogen (secondary N) is 1. The Kier molecular flexibility index (Phi) is 11.5. The summed E-state index contributed by atoms with van der Waals surface area (Å²) < 4.78 is 20.0. The second kappa shape index (κ2) is 17.4. The van der Waals surface area contributed by atoms with Crippen LogP contribution in [0.1, 0.15) is 51.9 Å². The van der Waals surface area contributed by atoms with E-state index in [0.717, 1.165) is 56.0 Å². The maximum absolute atomic E-state index is 12.8. The number of hydrogen-bond donors (Lipinski definition) is 2. The lowest BCUT2D eigenvalue weighted by molar-refractivity contribution is -0.268. The van der Waals surface area contributed by atoms with Crippen molar-refractivity contribution < 1.29 is 23.8 Å². The zero-order valence-corrected chi connectivity index (χ0v) is 31.8. The summed E-state index contributed by atoms with van der Waals surface area (Å²) >= 11 is 1.54. The van der Waals surface area contributed by atoms with Gasteiger partial charge in [-0.25, -0.2) is 4.98 Å². The molecule has 0 radical (unpaired) electrons. The molecule has 0 unspecified atom stereocenters. The Morgan fingerprint density at radius 3 is 2.02 bits per heavy atom. The van der Waals surface area contributed by atoms with Gasteiger partial charge in [-0.3, -0.25) is 4.79 Å². The molecule has 2 N–H and O–H groups in total. The van der Waals surface area contributed by atoms with E-state index in [0.29, 0.717) is 23.1 Å². The highest BCUT2D eigenvalue weighted by Gasteiger charge is 2.38. The topological polar surface area (TPSA) is 93.8 Å². The lowest BCUT2D eigenvalue weighted by atomic mass is 9.91. The van der Waals surface area contributed by atoms with Crippen LogP contribution in [0.15, 0.2) is 173 Å². The third-order valence-electron chi connectivity index (χ3n) is 10.2. The Balaban J connectivity index is 1.04. The van der Waals surface area contributed by atoms with E-state index in [1.165, 1.54) is 0 Å². The van der Waals surface area contributed by atoms with Gasteiger partial charge in [0.1, 0.15) is 5.69 Å². The maximum atomic E-state index is 12.8. The van der Waals surface area contributed by atoms with Crippen LogP contribution in [0, 0.1) is 5.92 Å². The highest BCUT2D eigenvalue weighted by Crippen LogP contribution is 2.44. The molecule has 0 spiro atoms. The Bertz CT molecular complexity index is 2290. The number of hydrogen-bond acceptors (Lipinski definition) is 7. The van der Waals surface area contributed by atoms with E-state index in [9.17, 15) is 9.90 Å². The number of carbonyl (C=O) groups excluding carboxylic acids is 1. The van der Waals surface area contributed by atoms with Gasteiger partial charge in [-0.15, -0.1) is 0 Å². The Labute approximate surface area is 331 Å². The van der Waals surface area contributed by atoms with Crippen molar-refractivity contribution in [2.45, 2.75) is 43.8 Å². The van der Waals surface area contributed by atoms with E-state index in [1.54, 1.807) is 11.8 Å². The first-order valence-corrected chi connectivity index (χ1v) is 19.8. The van der Waals surface area contributed by atoms with Gasteiger partial charge < -0.3 is 24.3 Å².